The molecule has 0 aliphatic carbocycles. The highest BCUT2D eigenvalue weighted by molar-refractivity contribution is 7.98. The Labute approximate surface area is 239 Å². The van der Waals surface area contributed by atoms with Gasteiger partial charge in [-0.25, -0.2) is 4.68 Å². The van der Waals surface area contributed by atoms with Crippen molar-refractivity contribution in [1.29, 1.82) is 0 Å². The Hall–Kier alpha value is -4.35. The van der Waals surface area contributed by atoms with Crippen LogP contribution in [-0.4, -0.2) is 32.2 Å². The Morgan fingerprint density at radius 3 is 2.65 bits per heavy atom. The number of fused-ring (bicyclic) bond motifs is 1. The molecule has 2 N–H and O–H groups in total. The number of carbonyl (C=O) groups excluding carboxylic acids is 1. The molecule has 12 heteroatoms. The van der Waals surface area contributed by atoms with Crippen LogP contribution in [0, 0.1) is 10.1 Å². The summed E-state index contributed by atoms with van der Waals surface area (Å²) >= 11 is 7.69. The Balaban J connectivity index is 1.55. The van der Waals surface area contributed by atoms with Crippen LogP contribution in [0.2, 0.25) is 5.02 Å². The highest BCUT2D eigenvalue weighted by Gasteiger charge is 2.38. The number of allylic oxidation sites excluding steroid dienone is 1. The highest BCUT2D eigenvalue weighted by Crippen LogP contribution is 2.40. The molecule has 40 heavy (non-hydrogen) atoms. The fourth-order valence-electron chi connectivity index (χ4n) is 4.46. The van der Waals surface area contributed by atoms with Crippen LogP contribution in [-0.2, 0) is 10.5 Å². The molecular formula is C28H25ClN6O4S. The number of amides is 1. The SMILES string of the molecule is CCOc1ccccc1NC(=O)C1=C(C)Nc2nc(SCc3ccccc3Cl)nn2C1c1ccccc1[N+](=O)[O-]. The van der Waals surface area contributed by atoms with Gasteiger partial charge >= 0.3 is 0 Å². The van der Waals surface area contributed by atoms with Crippen molar-refractivity contribution in [2.24, 2.45) is 0 Å². The summed E-state index contributed by atoms with van der Waals surface area (Å²) in [5, 5.41) is 23.9. The number of aromatic nitrogens is 3. The maximum atomic E-state index is 13.8. The van der Waals surface area contributed by atoms with Crippen LogP contribution in [0.1, 0.15) is 31.0 Å². The first-order valence-electron chi connectivity index (χ1n) is 12.4. The monoisotopic (exact) mass is 576 g/mol. The molecule has 10 nitrogen and oxygen atoms in total. The lowest BCUT2D eigenvalue weighted by Crippen LogP contribution is -2.32. The Morgan fingerprint density at radius 2 is 1.88 bits per heavy atom. The third-order valence-electron chi connectivity index (χ3n) is 6.26. The number of hydrogen-bond acceptors (Lipinski definition) is 8. The molecule has 1 unspecified atom stereocenters. The third-order valence-corrected chi connectivity index (χ3v) is 7.51. The predicted octanol–water partition coefficient (Wildman–Crippen LogP) is 6.46. The molecule has 0 saturated carbocycles. The van der Waals surface area contributed by atoms with E-state index in [0.29, 0.717) is 51.2 Å². The van der Waals surface area contributed by atoms with E-state index in [0.717, 1.165) is 5.56 Å². The van der Waals surface area contributed by atoms with Crippen molar-refractivity contribution in [2.45, 2.75) is 30.8 Å². The van der Waals surface area contributed by atoms with Crippen molar-refractivity contribution in [2.75, 3.05) is 17.2 Å². The lowest BCUT2D eigenvalue weighted by molar-refractivity contribution is -0.385. The standard InChI is InChI=1S/C28H25ClN6O4S/c1-3-39-23-15-9-7-13-21(23)31-26(36)24-17(2)30-27-32-28(40-16-18-10-4-6-12-20(18)29)33-34(27)25(24)19-11-5-8-14-22(19)35(37)38/h4-15,25H,3,16H2,1-2H3,(H,31,36)(H,30,32,33). The number of nitrogens with zero attached hydrogens (tertiary/aromatic N) is 4. The Morgan fingerprint density at radius 1 is 1.15 bits per heavy atom. The average Bonchev–Trinajstić information content (AvgIpc) is 3.35. The number of ether oxygens (including phenoxy) is 1. The first-order valence-corrected chi connectivity index (χ1v) is 13.8. The van der Waals surface area contributed by atoms with E-state index in [2.05, 4.69) is 20.7 Å². The highest BCUT2D eigenvalue weighted by atomic mass is 35.5. The normalized spacial score (nSPS) is 14.3. The van der Waals surface area contributed by atoms with Gasteiger partial charge in [-0.15, -0.1) is 5.10 Å². The third kappa shape index (κ3) is 5.51. The molecule has 4 aromatic rings. The largest absolute Gasteiger partial charge is 0.492 e. The van der Waals surface area contributed by atoms with Gasteiger partial charge in [-0.2, -0.15) is 4.98 Å². The van der Waals surface area contributed by atoms with E-state index in [1.807, 2.05) is 37.3 Å². The summed E-state index contributed by atoms with van der Waals surface area (Å²) in [5.74, 6) is 0.954. The van der Waals surface area contributed by atoms with Crippen LogP contribution in [0.5, 0.6) is 5.75 Å². The van der Waals surface area contributed by atoms with Crippen molar-refractivity contribution >= 4 is 46.6 Å². The molecule has 0 spiro atoms. The molecule has 1 aliphatic heterocycles. The van der Waals surface area contributed by atoms with Gasteiger partial charge in [-0.3, -0.25) is 14.9 Å². The first-order chi connectivity index (χ1) is 19.4. The maximum absolute atomic E-state index is 13.8. The molecule has 204 valence electrons. The number of nitro groups is 1. The van der Waals surface area contributed by atoms with Gasteiger partial charge in [0.1, 0.15) is 11.8 Å². The Bertz CT molecular complexity index is 1620. The molecule has 0 saturated heterocycles. The number of nitrogens with one attached hydrogen (secondary N) is 2. The van der Waals surface area contributed by atoms with Crippen LogP contribution in [0.3, 0.4) is 0 Å². The van der Waals surface area contributed by atoms with E-state index < -0.39 is 16.9 Å². The summed E-state index contributed by atoms with van der Waals surface area (Å²) in [6, 6.07) is 20.0. The number of hydrogen-bond donors (Lipinski definition) is 2. The maximum Gasteiger partial charge on any atom is 0.275 e. The number of nitro benzene ring substituents is 1. The summed E-state index contributed by atoms with van der Waals surface area (Å²) < 4.78 is 7.19. The first kappa shape index (κ1) is 27.2. The summed E-state index contributed by atoms with van der Waals surface area (Å²) in [6.45, 7) is 4.01. The summed E-state index contributed by atoms with van der Waals surface area (Å²) in [7, 11) is 0. The van der Waals surface area contributed by atoms with Gasteiger partial charge in [0.2, 0.25) is 11.1 Å². The van der Waals surface area contributed by atoms with E-state index in [1.54, 1.807) is 43.3 Å². The van der Waals surface area contributed by atoms with Crippen LogP contribution in [0.15, 0.2) is 89.2 Å². The smallest absolute Gasteiger partial charge is 0.275 e. The van der Waals surface area contributed by atoms with Crippen molar-refractivity contribution < 1.29 is 14.5 Å². The van der Waals surface area contributed by atoms with Gasteiger partial charge in [0, 0.05) is 22.5 Å². The second-order valence-corrected chi connectivity index (χ2v) is 10.2. The molecule has 1 aliphatic rings. The van der Waals surface area contributed by atoms with Crippen LogP contribution in [0.25, 0.3) is 0 Å². The van der Waals surface area contributed by atoms with E-state index in [1.165, 1.54) is 22.5 Å². The fourth-order valence-corrected chi connectivity index (χ4v) is 5.57. The molecular weight excluding hydrogens is 552 g/mol. The number of halogens is 1. The van der Waals surface area contributed by atoms with Crippen molar-refractivity contribution in [1.82, 2.24) is 14.8 Å². The lowest BCUT2D eigenvalue weighted by Gasteiger charge is -2.28. The lowest BCUT2D eigenvalue weighted by atomic mass is 9.93. The molecule has 2 heterocycles. The van der Waals surface area contributed by atoms with Crippen LogP contribution in [0.4, 0.5) is 17.3 Å². The van der Waals surface area contributed by atoms with Crippen LogP contribution < -0.4 is 15.4 Å². The molecule has 1 atom stereocenters. The average molecular weight is 577 g/mol. The number of benzene rings is 3. The minimum atomic E-state index is -0.917. The number of para-hydroxylation sites is 3. The fraction of sp³-hybridized carbons (Fsp3) is 0.179. The molecule has 0 radical (unpaired) electrons. The van der Waals surface area contributed by atoms with Gasteiger partial charge in [-0.1, -0.05) is 65.8 Å². The number of thioether (sulfide) groups is 1. The second kappa shape index (κ2) is 11.8. The van der Waals surface area contributed by atoms with Crippen molar-refractivity contribution in [3.63, 3.8) is 0 Å². The Kier molecular flexibility index (Phi) is 8.04. The number of carbonyl (C=O) groups is 1. The van der Waals surface area contributed by atoms with Gasteiger partial charge < -0.3 is 15.4 Å². The quantitative estimate of drug-likeness (QED) is 0.132. The van der Waals surface area contributed by atoms with Crippen molar-refractivity contribution in [3.8, 4) is 5.75 Å². The molecule has 0 bridgehead atoms. The van der Waals surface area contributed by atoms with Gasteiger partial charge in [-0.05, 0) is 43.7 Å². The minimum absolute atomic E-state index is 0.131. The molecule has 0 fully saturated rings. The zero-order valence-electron chi connectivity index (χ0n) is 21.6. The van der Waals surface area contributed by atoms with E-state index >= 15 is 0 Å². The summed E-state index contributed by atoms with van der Waals surface area (Å²) in [4.78, 5) is 30.0. The number of anilines is 2. The van der Waals surface area contributed by atoms with Gasteiger partial charge in [0.15, 0.2) is 0 Å². The van der Waals surface area contributed by atoms with E-state index in [4.69, 9.17) is 16.3 Å². The summed E-state index contributed by atoms with van der Waals surface area (Å²) in [6.07, 6.45) is 0. The zero-order valence-corrected chi connectivity index (χ0v) is 23.2. The molecule has 1 aromatic heterocycles. The summed E-state index contributed by atoms with van der Waals surface area (Å²) in [5.41, 5.74) is 2.35. The number of rotatable bonds is 9. The van der Waals surface area contributed by atoms with E-state index in [9.17, 15) is 14.9 Å². The second-order valence-electron chi connectivity index (χ2n) is 8.81. The molecule has 5 rings (SSSR count). The topological polar surface area (TPSA) is 124 Å². The van der Waals surface area contributed by atoms with Crippen molar-refractivity contribution in [3.05, 3.63) is 110 Å². The van der Waals surface area contributed by atoms with Gasteiger partial charge in [0.05, 0.1) is 28.4 Å². The molecule has 1 amide bonds. The van der Waals surface area contributed by atoms with Crippen LogP contribution >= 0.6 is 23.4 Å². The predicted molar refractivity (Wildman–Crippen MR) is 155 cm³/mol. The molecule has 3 aromatic carbocycles. The van der Waals surface area contributed by atoms with Gasteiger partial charge in [0.25, 0.3) is 11.6 Å². The van der Waals surface area contributed by atoms with E-state index in [-0.39, 0.29) is 11.3 Å². The zero-order chi connectivity index (χ0) is 28.2. The minimum Gasteiger partial charge on any atom is -0.492 e.